The summed E-state index contributed by atoms with van der Waals surface area (Å²) in [5, 5.41) is 2.84. The number of aliphatic imine (C=N–C) groups is 1. The van der Waals surface area contributed by atoms with Gasteiger partial charge in [-0.25, -0.2) is 9.78 Å². The van der Waals surface area contributed by atoms with E-state index in [0.717, 1.165) is 47.9 Å². The van der Waals surface area contributed by atoms with Gasteiger partial charge in [0.2, 0.25) is 0 Å². The number of hydrogen-bond donors (Lipinski definition) is 1. The summed E-state index contributed by atoms with van der Waals surface area (Å²) in [7, 11) is 0. The Bertz CT molecular complexity index is 1100. The molecule has 0 bridgehead atoms. The third-order valence-electron chi connectivity index (χ3n) is 6.12. The molecule has 0 saturated carbocycles. The van der Waals surface area contributed by atoms with E-state index in [1.807, 2.05) is 29.6 Å². The van der Waals surface area contributed by atoms with Crippen molar-refractivity contribution in [3.8, 4) is 11.3 Å². The van der Waals surface area contributed by atoms with E-state index in [0.29, 0.717) is 26.3 Å². The number of thiazole rings is 1. The van der Waals surface area contributed by atoms with Crippen LogP contribution < -0.4 is 10.6 Å². The molecule has 0 radical (unpaired) electrons. The van der Waals surface area contributed by atoms with Crippen LogP contribution in [0.15, 0.2) is 34.6 Å². The van der Waals surface area contributed by atoms with Crippen LogP contribution in [0.3, 0.4) is 0 Å². The van der Waals surface area contributed by atoms with Gasteiger partial charge in [-0.05, 0) is 32.3 Å². The number of carbonyl (C=O) groups excluding carboxylic acids is 3. The zero-order valence-electron chi connectivity index (χ0n) is 22.5. The fourth-order valence-corrected chi connectivity index (χ4v) is 5.17. The van der Waals surface area contributed by atoms with Crippen molar-refractivity contribution < 1.29 is 28.6 Å². The number of piperidine rings is 1. The molecule has 0 atom stereocenters. The van der Waals surface area contributed by atoms with E-state index in [1.54, 1.807) is 13.8 Å². The van der Waals surface area contributed by atoms with Crippen molar-refractivity contribution >= 4 is 40.7 Å². The highest BCUT2D eigenvalue weighted by atomic mass is 32.1. The van der Waals surface area contributed by atoms with Crippen LogP contribution in [0.25, 0.3) is 11.3 Å². The second-order valence-electron chi connectivity index (χ2n) is 8.86. The molecule has 3 rings (SSSR count). The Morgan fingerprint density at radius 2 is 1.79 bits per heavy atom. The number of aromatic nitrogens is 1. The topological polar surface area (TPSA) is 137 Å². The van der Waals surface area contributed by atoms with Crippen LogP contribution in [-0.4, -0.2) is 92.7 Å². The van der Waals surface area contributed by atoms with E-state index in [2.05, 4.69) is 14.8 Å². The summed E-state index contributed by atoms with van der Waals surface area (Å²) in [6.45, 7) is 7.04. The second kappa shape index (κ2) is 15.9. The lowest BCUT2D eigenvalue weighted by atomic mass is 10.0. The summed E-state index contributed by atoms with van der Waals surface area (Å²) in [6.07, 6.45) is 2.73. The molecule has 39 heavy (non-hydrogen) atoms. The Morgan fingerprint density at radius 1 is 1.10 bits per heavy atom. The van der Waals surface area contributed by atoms with Gasteiger partial charge in [-0.3, -0.25) is 14.5 Å². The molecule has 2 N–H and O–H groups in total. The maximum Gasteiger partial charge on any atom is 0.433 e. The Labute approximate surface area is 232 Å². The lowest BCUT2D eigenvalue weighted by Gasteiger charge is -2.38. The number of nitrogens with two attached hydrogens (primary N) is 1. The first-order valence-electron chi connectivity index (χ1n) is 13.2. The first-order valence-corrected chi connectivity index (χ1v) is 14.1. The van der Waals surface area contributed by atoms with Gasteiger partial charge in [0.25, 0.3) is 0 Å². The summed E-state index contributed by atoms with van der Waals surface area (Å²) >= 11 is 1.53. The molecule has 0 unspecified atom stereocenters. The van der Waals surface area contributed by atoms with Gasteiger partial charge < -0.3 is 24.8 Å². The van der Waals surface area contributed by atoms with Crippen LogP contribution in [0.4, 0.5) is 9.93 Å². The normalized spacial score (nSPS) is 14.3. The average molecular weight is 560 g/mol. The molecule has 1 aromatic carbocycles. The summed E-state index contributed by atoms with van der Waals surface area (Å²) < 4.78 is 15.1. The number of esters is 2. The predicted molar refractivity (Wildman–Crippen MR) is 150 cm³/mol. The molecule has 11 nitrogen and oxygen atoms in total. The average Bonchev–Trinajstić information content (AvgIpc) is 3.42. The Morgan fingerprint density at radius 3 is 2.46 bits per heavy atom. The lowest BCUT2D eigenvalue weighted by molar-refractivity contribution is -0.145. The zero-order chi connectivity index (χ0) is 28.0. The Balaban J connectivity index is 1.68. The number of ether oxygens (including phenoxy) is 3. The molecule has 2 aromatic rings. The van der Waals surface area contributed by atoms with Crippen molar-refractivity contribution in [1.82, 2.24) is 9.88 Å². The van der Waals surface area contributed by atoms with Gasteiger partial charge in [0, 0.05) is 49.4 Å². The van der Waals surface area contributed by atoms with Crippen molar-refractivity contribution in [3.63, 3.8) is 0 Å². The smallest absolute Gasteiger partial charge is 0.433 e. The van der Waals surface area contributed by atoms with Gasteiger partial charge in [0.1, 0.15) is 6.61 Å². The minimum absolute atomic E-state index is 0.130. The van der Waals surface area contributed by atoms with Gasteiger partial charge in [-0.1, -0.05) is 24.3 Å². The lowest BCUT2D eigenvalue weighted by Crippen LogP contribution is -2.47. The standard InChI is InChI=1S/C27H37N5O6S/c1-3-36-24(33)11-15-32(22-9-13-31(14-10-22)18-25(34)37-4-2)26-30-23(19-39-26)21-7-5-20(6-8-21)17-29-27(35)38-16-12-28/h5-8,17,19,22H,3-4,9-16,18,28H2,1-2H3. The summed E-state index contributed by atoms with van der Waals surface area (Å²) in [6, 6.07) is 7.73. The molecule has 1 amide bonds. The van der Waals surface area contributed by atoms with Gasteiger partial charge >= 0.3 is 18.0 Å². The number of likely N-dealkylation sites (tertiary alicyclic amines) is 1. The number of hydrogen-bond acceptors (Lipinski definition) is 11. The Kier molecular flexibility index (Phi) is 12.3. The summed E-state index contributed by atoms with van der Waals surface area (Å²) in [5.74, 6) is -0.438. The highest BCUT2D eigenvalue weighted by Gasteiger charge is 2.28. The summed E-state index contributed by atoms with van der Waals surface area (Å²) in [5.41, 5.74) is 7.82. The van der Waals surface area contributed by atoms with Gasteiger partial charge in [0.05, 0.1) is 31.9 Å². The van der Waals surface area contributed by atoms with Crippen molar-refractivity contribution in [1.29, 1.82) is 0 Å². The van der Waals surface area contributed by atoms with Crippen molar-refractivity contribution in [2.45, 2.75) is 39.2 Å². The number of anilines is 1. The first-order chi connectivity index (χ1) is 18.9. The van der Waals surface area contributed by atoms with Crippen LogP contribution >= 0.6 is 11.3 Å². The van der Waals surface area contributed by atoms with Crippen LogP contribution in [-0.2, 0) is 23.8 Å². The minimum Gasteiger partial charge on any atom is -0.466 e. The number of benzene rings is 1. The first kappa shape index (κ1) is 30.2. The maximum absolute atomic E-state index is 12.1. The van der Waals surface area contributed by atoms with Crippen LogP contribution in [0.1, 0.15) is 38.7 Å². The van der Waals surface area contributed by atoms with E-state index in [4.69, 9.17) is 24.9 Å². The molecule has 0 spiro atoms. The molecule has 1 fully saturated rings. The quantitative estimate of drug-likeness (QED) is 0.221. The number of amides is 1. The molecule has 12 heteroatoms. The highest BCUT2D eigenvalue weighted by Crippen LogP contribution is 2.31. The summed E-state index contributed by atoms with van der Waals surface area (Å²) in [4.78, 5) is 48.5. The van der Waals surface area contributed by atoms with Crippen molar-refractivity contribution in [2.75, 3.05) is 57.4 Å². The molecule has 0 aliphatic carbocycles. The number of nitrogens with zero attached hydrogens (tertiary/aromatic N) is 4. The van der Waals surface area contributed by atoms with Crippen molar-refractivity contribution in [3.05, 3.63) is 35.2 Å². The molecular weight excluding hydrogens is 522 g/mol. The van der Waals surface area contributed by atoms with E-state index in [-0.39, 0.29) is 37.6 Å². The SMILES string of the molecule is CCOC(=O)CCN(c1nc(-c2ccc(C=NC(=O)OCCN)cc2)cs1)C1CCN(CC(=O)OCC)CC1. The van der Waals surface area contributed by atoms with E-state index < -0.39 is 6.09 Å². The predicted octanol–water partition coefficient (Wildman–Crippen LogP) is 3.11. The van der Waals surface area contributed by atoms with Crippen LogP contribution in [0.5, 0.6) is 0 Å². The Hall–Kier alpha value is -3.35. The second-order valence-corrected chi connectivity index (χ2v) is 9.70. The molecular formula is C27H37N5O6S. The minimum atomic E-state index is -0.677. The maximum atomic E-state index is 12.1. The van der Waals surface area contributed by atoms with Gasteiger partial charge in [0.15, 0.2) is 5.13 Å². The van der Waals surface area contributed by atoms with Crippen molar-refractivity contribution in [2.24, 2.45) is 10.7 Å². The largest absolute Gasteiger partial charge is 0.466 e. The van der Waals surface area contributed by atoms with E-state index in [9.17, 15) is 14.4 Å². The fraction of sp³-hybridized carbons (Fsp3) is 0.519. The number of carbonyl (C=O) groups is 3. The molecule has 1 saturated heterocycles. The molecule has 1 aromatic heterocycles. The van der Waals surface area contributed by atoms with E-state index in [1.165, 1.54) is 17.6 Å². The number of rotatable bonds is 13. The van der Waals surface area contributed by atoms with Gasteiger partial charge in [-0.2, -0.15) is 4.99 Å². The van der Waals surface area contributed by atoms with E-state index >= 15 is 0 Å². The monoisotopic (exact) mass is 559 g/mol. The molecule has 1 aliphatic heterocycles. The zero-order valence-corrected chi connectivity index (χ0v) is 23.4. The molecule has 212 valence electrons. The highest BCUT2D eigenvalue weighted by molar-refractivity contribution is 7.14. The third kappa shape index (κ3) is 9.72. The molecule has 2 heterocycles. The van der Waals surface area contributed by atoms with Crippen LogP contribution in [0, 0.1) is 0 Å². The van der Waals surface area contributed by atoms with Gasteiger partial charge in [-0.15, -0.1) is 11.3 Å². The van der Waals surface area contributed by atoms with Crippen LogP contribution in [0.2, 0.25) is 0 Å². The molecule has 1 aliphatic rings. The fourth-order valence-electron chi connectivity index (χ4n) is 4.24. The third-order valence-corrected chi connectivity index (χ3v) is 7.00.